The van der Waals surface area contributed by atoms with Crippen LogP contribution in [0.1, 0.15) is 44.1 Å². The van der Waals surface area contributed by atoms with Crippen molar-refractivity contribution in [2.75, 3.05) is 25.6 Å². The van der Waals surface area contributed by atoms with Crippen LogP contribution in [-0.2, 0) is 4.79 Å². The maximum atomic E-state index is 13.4. The number of benzene rings is 1. The number of methoxy groups -OCH3 is 1. The average molecular weight is 390 g/mol. The number of aromatic nitrogens is 3. The van der Waals surface area contributed by atoms with Crippen molar-refractivity contribution in [2.45, 2.75) is 50.1 Å². The van der Waals surface area contributed by atoms with Crippen molar-refractivity contribution in [3.8, 4) is 5.75 Å². The number of aryl methyl sites for hydroxylation is 1. The maximum Gasteiger partial charge on any atom is 0.238 e. The first kappa shape index (κ1) is 19.5. The Morgan fingerprint density at radius 2 is 1.89 bits per heavy atom. The van der Waals surface area contributed by atoms with E-state index in [9.17, 15) is 4.79 Å². The van der Waals surface area contributed by atoms with Crippen LogP contribution in [0.25, 0.3) is 0 Å². The Morgan fingerprint density at radius 3 is 2.48 bits per heavy atom. The first-order chi connectivity index (χ1) is 13.1. The number of carbonyl (C=O) groups excluding carboxylic acids is 1. The highest BCUT2D eigenvalue weighted by molar-refractivity contribution is 8.00. The van der Waals surface area contributed by atoms with E-state index in [1.165, 1.54) is 11.8 Å². The first-order valence-electron chi connectivity index (χ1n) is 9.37. The van der Waals surface area contributed by atoms with E-state index < -0.39 is 0 Å². The second-order valence-corrected chi connectivity index (χ2v) is 7.72. The number of ether oxygens (including phenoxy) is 1. The highest BCUT2D eigenvalue weighted by Gasteiger charge is 2.39. The molecule has 0 spiro atoms. The molecule has 0 fully saturated rings. The summed E-state index contributed by atoms with van der Waals surface area (Å²) in [5.74, 6) is 1.72. The van der Waals surface area contributed by atoms with Crippen LogP contribution in [0.2, 0.25) is 0 Å². The monoisotopic (exact) mass is 389 g/mol. The van der Waals surface area contributed by atoms with Gasteiger partial charge in [0, 0.05) is 13.1 Å². The molecule has 2 aromatic rings. The SMILES string of the molecule is CCCN(CCC)C(=O)[C@@H]1Sc2nnc(C)n2N[C@@H]1c1ccc(OC)cc1. The minimum atomic E-state index is -0.299. The number of nitrogens with zero attached hydrogens (tertiary/aromatic N) is 4. The van der Waals surface area contributed by atoms with Gasteiger partial charge in [-0.15, -0.1) is 10.2 Å². The molecule has 0 unspecified atom stereocenters. The number of amides is 1. The molecule has 1 aliphatic rings. The van der Waals surface area contributed by atoms with Gasteiger partial charge in [0.2, 0.25) is 11.1 Å². The number of rotatable bonds is 7. The molecule has 2 atom stereocenters. The Bertz CT molecular complexity index is 771. The smallest absolute Gasteiger partial charge is 0.238 e. The van der Waals surface area contributed by atoms with Gasteiger partial charge in [-0.25, -0.2) is 4.68 Å². The van der Waals surface area contributed by atoms with Crippen LogP contribution >= 0.6 is 11.8 Å². The molecule has 7 nitrogen and oxygen atoms in total. The van der Waals surface area contributed by atoms with Crippen LogP contribution < -0.4 is 10.2 Å². The summed E-state index contributed by atoms with van der Waals surface area (Å²) in [5.41, 5.74) is 4.49. The van der Waals surface area contributed by atoms with Crippen LogP contribution in [0.4, 0.5) is 0 Å². The summed E-state index contributed by atoms with van der Waals surface area (Å²) in [4.78, 5) is 15.4. The van der Waals surface area contributed by atoms with Crippen molar-refractivity contribution in [1.82, 2.24) is 19.8 Å². The maximum absolute atomic E-state index is 13.4. The molecule has 8 heteroatoms. The summed E-state index contributed by atoms with van der Waals surface area (Å²) in [6, 6.07) is 7.69. The van der Waals surface area contributed by atoms with Crippen LogP contribution in [-0.4, -0.2) is 51.1 Å². The fourth-order valence-electron chi connectivity index (χ4n) is 3.26. The summed E-state index contributed by atoms with van der Waals surface area (Å²) in [5, 5.41) is 8.80. The van der Waals surface area contributed by atoms with Crippen LogP contribution in [0.3, 0.4) is 0 Å². The summed E-state index contributed by atoms with van der Waals surface area (Å²) in [7, 11) is 1.65. The highest BCUT2D eigenvalue weighted by Crippen LogP contribution is 2.38. The number of hydrogen-bond donors (Lipinski definition) is 1. The molecule has 1 amide bonds. The van der Waals surface area contributed by atoms with Crippen molar-refractivity contribution >= 4 is 17.7 Å². The highest BCUT2D eigenvalue weighted by atomic mass is 32.2. The lowest BCUT2D eigenvalue weighted by Crippen LogP contribution is -2.46. The molecule has 146 valence electrons. The third kappa shape index (κ3) is 4.05. The minimum Gasteiger partial charge on any atom is -0.497 e. The molecule has 1 N–H and O–H groups in total. The normalized spacial score (nSPS) is 18.5. The summed E-state index contributed by atoms with van der Waals surface area (Å²) >= 11 is 1.48. The molecule has 27 heavy (non-hydrogen) atoms. The standard InChI is InChI=1S/C19H27N5O2S/c1-5-11-23(12-6-2)18(25)17-16(14-7-9-15(26-4)10-8-14)22-24-13(3)20-21-19(24)27-17/h7-10,16-17,22H,5-6,11-12H2,1-4H3/t16-,17-/m1/s1. The van der Waals surface area contributed by atoms with Crippen molar-refractivity contribution in [3.05, 3.63) is 35.7 Å². The van der Waals surface area contributed by atoms with Gasteiger partial charge in [-0.1, -0.05) is 37.7 Å². The Balaban J connectivity index is 1.95. The molecule has 0 bridgehead atoms. The zero-order valence-corrected chi connectivity index (χ0v) is 17.1. The Kier molecular flexibility index (Phi) is 6.26. The van der Waals surface area contributed by atoms with Crippen molar-refractivity contribution < 1.29 is 9.53 Å². The zero-order chi connectivity index (χ0) is 19.4. The molecule has 2 heterocycles. The van der Waals surface area contributed by atoms with Gasteiger partial charge in [0.05, 0.1) is 13.2 Å². The van der Waals surface area contributed by atoms with E-state index in [0.717, 1.165) is 48.2 Å². The fraction of sp³-hybridized carbons (Fsp3) is 0.526. The molecule has 3 rings (SSSR count). The van der Waals surface area contributed by atoms with E-state index in [4.69, 9.17) is 4.74 Å². The second-order valence-electron chi connectivity index (χ2n) is 6.61. The van der Waals surface area contributed by atoms with E-state index in [2.05, 4.69) is 29.5 Å². The van der Waals surface area contributed by atoms with Crippen molar-refractivity contribution in [1.29, 1.82) is 0 Å². The van der Waals surface area contributed by atoms with Crippen LogP contribution in [0.5, 0.6) is 5.75 Å². The van der Waals surface area contributed by atoms with E-state index in [-0.39, 0.29) is 17.2 Å². The summed E-state index contributed by atoms with van der Waals surface area (Å²) in [6.45, 7) is 7.64. The molecule has 1 aromatic carbocycles. The number of hydrogen-bond acceptors (Lipinski definition) is 6. The molecule has 1 aromatic heterocycles. The van der Waals surface area contributed by atoms with Crippen LogP contribution in [0.15, 0.2) is 29.4 Å². The topological polar surface area (TPSA) is 72.3 Å². The molecule has 1 aliphatic heterocycles. The number of nitrogens with one attached hydrogen (secondary N) is 1. The largest absolute Gasteiger partial charge is 0.497 e. The van der Waals surface area contributed by atoms with E-state index in [1.54, 1.807) is 7.11 Å². The summed E-state index contributed by atoms with van der Waals surface area (Å²) < 4.78 is 7.14. The Hall–Kier alpha value is -2.22. The van der Waals surface area contributed by atoms with E-state index >= 15 is 0 Å². The quantitative estimate of drug-likeness (QED) is 0.785. The zero-order valence-electron chi connectivity index (χ0n) is 16.3. The molecule has 0 aliphatic carbocycles. The van der Waals surface area contributed by atoms with E-state index in [0.29, 0.717) is 0 Å². The average Bonchev–Trinajstić information content (AvgIpc) is 3.06. The lowest BCUT2D eigenvalue weighted by molar-refractivity contribution is -0.131. The summed E-state index contributed by atoms with van der Waals surface area (Å²) in [6.07, 6.45) is 1.89. The van der Waals surface area contributed by atoms with Gasteiger partial charge >= 0.3 is 0 Å². The van der Waals surface area contributed by atoms with Gasteiger partial charge in [0.15, 0.2) is 0 Å². The molecule has 0 saturated heterocycles. The fourth-order valence-corrected chi connectivity index (χ4v) is 4.47. The van der Waals surface area contributed by atoms with Gasteiger partial charge in [0.25, 0.3) is 0 Å². The lowest BCUT2D eigenvalue weighted by atomic mass is 10.0. The van der Waals surface area contributed by atoms with Crippen molar-refractivity contribution in [2.24, 2.45) is 0 Å². The third-order valence-electron chi connectivity index (χ3n) is 4.62. The predicted molar refractivity (Wildman–Crippen MR) is 107 cm³/mol. The third-order valence-corrected chi connectivity index (χ3v) is 5.82. The van der Waals surface area contributed by atoms with E-state index in [1.807, 2.05) is 40.8 Å². The second kappa shape index (κ2) is 8.65. The van der Waals surface area contributed by atoms with Gasteiger partial charge in [-0.2, -0.15) is 0 Å². The number of carbonyl (C=O) groups is 1. The van der Waals surface area contributed by atoms with Gasteiger partial charge in [0.1, 0.15) is 16.8 Å². The predicted octanol–water partition coefficient (Wildman–Crippen LogP) is 3.00. The number of thioether (sulfide) groups is 1. The lowest BCUT2D eigenvalue weighted by Gasteiger charge is -2.35. The molecule has 0 saturated carbocycles. The first-order valence-corrected chi connectivity index (χ1v) is 10.2. The van der Waals surface area contributed by atoms with Crippen molar-refractivity contribution in [3.63, 3.8) is 0 Å². The van der Waals surface area contributed by atoms with Gasteiger partial charge in [-0.05, 0) is 37.5 Å². The Labute approximate surface area is 164 Å². The molecular weight excluding hydrogens is 362 g/mol. The number of fused-ring (bicyclic) bond motifs is 1. The Morgan fingerprint density at radius 1 is 1.22 bits per heavy atom. The van der Waals surface area contributed by atoms with Crippen LogP contribution in [0, 0.1) is 6.92 Å². The van der Waals surface area contributed by atoms with Gasteiger partial charge < -0.3 is 15.1 Å². The molecular formula is C19H27N5O2S. The molecule has 0 radical (unpaired) electrons. The minimum absolute atomic E-state index is 0.143. The van der Waals surface area contributed by atoms with Gasteiger partial charge in [-0.3, -0.25) is 4.79 Å².